The van der Waals surface area contributed by atoms with Gasteiger partial charge in [0.2, 0.25) is 5.91 Å². The summed E-state index contributed by atoms with van der Waals surface area (Å²) in [7, 11) is 3.84. The predicted molar refractivity (Wildman–Crippen MR) is 84.8 cm³/mol. The number of rotatable bonds is 6. The van der Waals surface area contributed by atoms with Gasteiger partial charge in [-0.15, -0.1) is 0 Å². The third-order valence-electron chi connectivity index (χ3n) is 2.58. The number of halogens is 1. The Kier molecular flexibility index (Phi) is 6.91. The number of carbonyl (C=O) groups is 2. The highest BCUT2D eigenvalue weighted by Crippen LogP contribution is 2.12. The van der Waals surface area contributed by atoms with Gasteiger partial charge < -0.3 is 15.5 Å². The number of amides is 2. The first-order chi connectivity index (χ1) is 9.88. The number of hydrogen-bond donors (Lipinski definition) is 2. The summed E-state index contributed by atoms with van der Waals surface area (Å²) in [5.74, 6) is -0.611. The van der Waals surface area contributed by atoms with Gasteiger partial charge in [-0.2, -0.15) is 0 Å². The van der Waals surface area contributed by atoms with E-state index in [0.717, 1.165) is 12.1 Å². The third-order valence-corrected chi connectivity index (χ3v) is 2.83. The van der Waals surface area contributed by atoms with Gasteiger partial charge in [0.1, 0.15) is 5.70 Å². The van der Waals surface area contributed by atoms with Crippen LogP contribution in [0, 0.1) is 0 Å². The molecular weight excluding hydrogens is 290 g/mol. The minimum atomic E-state index is -0.318. The highest BCUT2D eigenvalue weighted by Gasteiger charge is 2.10. The molecular formula is C15H20ClN3O2. The zero-order valence-electron chi connectivity index (χ0n) is 12.4. The van der Waals surface area contributed by atoms with Crippen LogP contribution in [0.25, 0.3) is 6.08 Å². The first-order valence-electron chi connectivity index (χ1n) is 6.56. The molecule has 0 aliphatic carbocycles. The van der Waals surface area contributed by atoms with E-state index in [4.69, 9.17) is 11.6 Å². The molecule has 6 heteroatoms. The Hall–Kier alpha value is -1.85. The predicted octanol–water partition coefficient (Wildman–Crippen LogP) is 1.49. The molecule has 0 spiro atoms. The highest BCUT2D eigenvalue weighted by molar-refractivity contribution is 6.30. The summed E-state index contributed by atoms with van der Waals surface area (Å²) in [5.41, 5.74) is 0.995. The molecule has 21 heavy (non-hydrogen) atoms. The van der Waals surface area contributed by atoms with E-state index in [2.05, 4.69) is 10.6 Å². The van der Waals surface area contributed by atoms with Gasteiger partial charge in [-0.3, -0.25) is 9.59 Å². The number of hydrogen-bond acceptors (Lipinski definition) is 3. The number of likely N-dealkylation sites (N-methyl/N-ethyl adjacent to an activating group) is 1. The van der Waals surface area contributed by atoms with E-state index >= 15 is 0 Å². The molecule has 0 heterocycles. The lowest BCUT2D eigenvalue weighted by atomic mass is 10.2. The van der Waals surface area contributed by atoms with E-state index in [0.29, 0.717) is 11.6 Å². The fraction of sp³-hybridized carbons (Fsp3) is 0.333. The molecule has 114 valence electrons. The Balaban J connectivity index is 2.81. The van der Waals surface area contributed by atoms with Crippen LogP contribution >= 0.6 is 11.6 Å². The lowest BCUT2D eigenvalue weighted by Crippen LogP contribution is -2.37. The lowest BCUT2D eigenvalue weighted by Gasteiger charge is -2.12. The molecule has 2 amide bonds. The van der Waals surface area contributed by atoms with Crippen molar-refractivity contribution >= 4 is 29.5 Å². The zero-order chi connectivity index (χ0) is 15.8. The van der Waals surface area contributed by atoms with Crippen molar-refractivity contribution < 1.29 is 9.59 Å². The summed E-state index contributed by atoms with van der Waals surface area (Å²) >= 11 is 5.82. The van der Waals surface area contributed by atoms with E-state index in [1.54, 1.807) is 30.3 Å². The average Bonchev–Trinajstić information content (AvgIpc) is 2.39. The molecule has 0 fully saturated rings. The molecule has 0 aliphatic rings. The number of benzene rings is 1. The second-order valence-electron chi connectivity index (χ2n) is 4.85. The van der Waals surface area contributed by atoms with Crippen LogP contribution in [0.15, 0.2) is 30.0 Å². The maximum atomic E-state index is 12.1. The van der Waals surface area contributed by atoms with E-state index in [1.807, 2.05) is 19.0 Å². The molecule has 2 N–H and O–H groups in total. The SMILES string of the molecule is CC(=O)N/C(=C\c1ccc(Cl)cc1)C(=O)NCCN(C)C. The van der Waals surface area contributed by atoms with Crippen molar-refractivity contribution in [1.29, 1.82) is 0 Å². The first kappa shape index (κ1) is 17.2. The largest absolute Gasteiger partial charge is 0.349 e. The monoisotopic (exact) mass is 309 g/mol. The molecule has 0 saturated heterocycles. The normalized spacial score (nSPS) is 11.4. The van der Waals surface area contributed by atoms with Crippen molar-refractivity contribution in [2.24, 2.45) is 0 Å². The molecule has 5 nitrogen and oxygen atoms in total. The molecule has 0 saturated carbocycles. The van der Waals surface area contributed by atoms with E-state index in [9.17, 15) is 9.59 Å². The van der Waals surface area contributed by atoms with Crippen LogP contribution in [0.3, 0.4) is 0 Å². The van der Waals surface area contributed by atoms with Crippen molar-refractivity contribution in [3.05, 3.63) is 40.5 Å². The second kappa shape index (κ2) is 8.44. The van der Waals surface area contributed by atoms with Gasteiger partial charge in [-0.25, -0.2) is 0 Å². The van der Waals surface area contributed by atoms with Crippen LogP contribution in [-0.2, 0) is 9.59 Å². The second-order valence-corrected chi connectivity index (χ2v) is 5.29. The molecule has 1 aromatic rings. The van der Waals surface area contributed by atoms with Crippen molar-refractivity contribution in [3.63, 3.8) is 0 Å². The highest BCUT2D eigenvalue weighted by atomic mass is 35.5. The Labute approximate surface area is 130 Å². The van der Waals surface area contributed by atoms with Crippen molar-refractivity contribution in [3.8, 4) is 0 Å². The van der Waals surface area contributed by atoms with Crippen molar-refractivity contribution in [2.75, 3.05) is 27.2 Å². The smallest absolute Gasteiger partial charge is 0.267 e. The third kappa shape index (κ3) is 6.92. The van der Waals surface area contributed by atoms with Crippen LogP contribution in [0.4, 0.5) is 0 Å². The van der Waals surface area contributed by atoms with Gasteiger partial charge in [0.25, 0.3) is 5.91 Å². The van der Waals surface area contributed by atoms with E-state index in [-0.39, 0.29) is 17.5 Å². The number of nitrogens with zero attached hydrogens (tertiary/aromatic N) is 1. The molecule has 1 aromatic carbocycles. The molecule has 0 unspecified atom stereocenters. The Morgan fingerprint density at radius 1 is 1.24 bits per heavy atom. The summed E-state index contributed by atoms with van der Waals surface area (Å²) in [5, 5.41) is 5.92. The van der Waals surface area contributed by atoms with Gasteiger partial charge in [-0.05, 0) is 37.9 Å². The molecule has 0 bridgehead atoms. The van der Waals surface area contributed by atoms with Crippen LogP contribution in [0.1, 0.15) is 12.5 Å². The topological polar surface area (TPSA) is 61.4 Å². The minimum absolute atomic E-state index is 0.212. The van der Waals surface area contributed by atoms with Crippen LogP contribution in [0.2, 0.25) is 5.02 Å². The maximum Gasteiger partial charge on any atom is 0.267 e. The Morgan fingerprint density at radius 3 is 2.38 bits per heavy atom. The summed E-state index contributed by atoms with van der Waals surface area (Å²) in [6.45, 7) is 2.59. The zero-order valence-corrected chi connectivity index (χ0v) is 13.2. The number of carbonyl (C=O) groups excluding carboxylic acids is 2. The molecule has 0 atom stereocenters. The molecule has 0 aromatic heterocycles. The molecule has 1 rings (SSSR count). The quantitative estimate of drug-likeness (QED) is 0.783. The van der Waals surface area contributed by atoms with Crippen LogP contribution in [0.5, 0.6) is 0 Å². The van der Waals surface area contributed by atoms with Gasteiger partial charge in [-0.1, -0.05) is 23.7 Å². The van der Waals surface area contributed by atoms with Gasteiger partial charge in [0.15, 0.2) is 0 Å². The van der Waals surface area contributed by atoms with Gasteiger partial charge in [0.05, 0.1) is 0 Å². The summed E-state index contributed by atoms with van der Waals surface area (Å²) in [4.78, 5) is 25.3. The first-order valence-corrected chi connectivity index (χ1v) is 6.94. The summed E-state index contributed by atoms with van der Waals surface area (Å²) < 4.78 is 0. The van der Waals surface area contributed by atoms with Gasteiger partial charge >= 0.3 is 0 Å². The fourth-order valence-electron chi connectivity index (χ4n) is 1.56. The van der Waals surface area contributed by atoms with E-state index in [1.165, 1.54) is 6.92 Å². The fourth-order valence-corrected chi connectivity index (χ4v) is 1.69. The lowest BCUT2D eigenvalue weighted by molar-refractivity contribution is -0.122. The minimum Gasteiger partial charge on any atom is -0.349 e. The summed E-state index contributed by atoms with van der Waals surface area (Å²) in [6, 6.07) is 7.00. The molecule has 0 radical (unpaired) electrons. The maximum absolute atomic E-state index is 12.1. The Morgan fingerprint density at radius 2 is 1.86 bits per heavy atom. The molecule has 0 aliphatic heterocycles. The van der Waals surface area contributed by atoms with Gasteiger partial charge in [0, 0.05) is 25.0 Å². The van der Waals surface area contributed by atoms with Crippen LogP contribution < -0.4 is 10.6 Å². The number of nitrogens with one attached hydrogen (secondary N) is 2. The standard InChI is InChI=1S/C15H20ClN3O2/c1-11(20)18-14(15(21)17-8-9-19(2)3)10-12-4-6-13(16)7-5-12/h4-7,10H,8-9H2,1-3H3,(H,17,21)(H,18,20)/b14-10-. The van der Waals surface area contributed by atoms with Crippen molar-refractivity contribution in [2.45, 2.75) is 6.92 Å². The van der Waals surface area contributed by atoms with Crippen molar-refractivity contribution in [1.82, 2.24) is 15.5 Å². The average molecular weight is 310 g/mol. The van der Waals surface area contributed by atoms with E-state index < -0.39 is 0 Å². The van der Waals surface area contributed by atoms with Crippen LogP contribution in [-0.4, -0.2) is 43.9 Å². The Bertz CT molecular complexity index is 524. The summed E-state index contributed by atoms with van der Waals surface area (Å²) in [6.07, 6.45) is 1.61.